The number of pyridine rings is 1. The number of furan rings is 1. The Balaban J connectivity index is 1.03. The molecule has 0 aliphatic heterocycles. The van der Waals surface area contributed by atoms with Crippen molar-refractivity contribution in [1.29, 1.82) is 0 Å². The van der Waals surface area contributed by atoms with Gasteiger partial charge in [0.25, 0.3) is 5.91 Å². The van der Waals surface area contributed by atoms with E-state index in [-0.39, 0.29) is 41.6 Å². The van der Waals surface area contributed by atoms with E-state index in [0.29, 0.717) is 41.8 Å². The summed E-state index contributed by atoms with van der Waals surface area (Å²) in [5, 5.41) is 39.2. The van der Waals surface area contributed by atoms with E-state index in [1.54, 1.807) is 36.4 Å². The van der Waals surface area contributed by atoms with Crippen LogP contribution in [0.1, 0.15) is 57.8 Å². The number of aliphatic hydroxyl groups is 1. The maximum Gasteiger partial charge on any atom is 0.405 e. The highest BCUT2D eigenvalue weighted by Gasteiger charge is 2.18. The summed E-state index contributed by atoms with van der Waals surface area (Å²) in [4.78, 5) is 38.2. The molecule has 0 saturated heterocycles. The molecular weight excluding hydrogens is 604 g/mol. The summed E-state index contributed by atoms with van der Waals surface area (Å²) in [7, 11) is 0. The van der Waals surface area contributed by atoms with Crippen molar-refractivity contribution in [2.24, 2.45) is 0 Å². The van der Waals surface area contributed by atoms with Crippen LogP contribution in [-0.4, -0.2) is 51.9 Å². The average Bonchev–Trinajstić information content (AvgIpc) is 3.56. The number of aromatic amines is 1. The number of aliphatic hydroxyl groups excluding tert-OH is 1. The van der Waals surface area contributed by atoms with E-state index in [9.17, 15) is 29.7 Å². The lowest BCUT2D eigenvalue weighted by Crippen LogP contribution is -2.27. The maximum atomic E-state index is 12.6. The van der Waals surface area contributed by atoms with E-state index in [4.69, 9.17) is 9.15 Å². The molecule has 2 unspecified atom stereocenters. The predicted molar refractivity (Wildman–Crippen MR) is 175 cm³/mol. The number of aromatic nitrogens is 1. The smallest absolute Gasteiger partial charge is 0.405 e. The first-order chi connectivity index (χ1) is 22.8. The second-order valence-electron chi connectivity index (χ2n) is 10.9. The lowest BCUT2D eigenvalue weighted by molar-refractivity contribution is 0.0925. The SMILES string of the molecule is O=C(O)NC(c1ccccc1)c1cccc(OCc2coc(C(=O)NCCCCNCC(O)c3ccc(O)c4[nH]c(=O)ccc34)c2)c1. The molecule has 2 atom stereocenters. The Kier molecular flexibility index (Phi) is 10.9. The number of carbonyl (C=O) groups is 2. The van der Waals surface area contributed by atoms with Crippen LogP contribution in [0, 0.1) is 0 Å². The third-order valence-corrected chi connectivity index (χ3v) is 7.54. The van der Waals surface area contributed by atoms with Crippen molar-refractivity contribution >= 4 is 22.9 Å². The van der Waals surface area contributed by atoms with Crippen molar-refractivity contribution in [1.82, 2.24) is 20.9 Å². The number of phenols is 1. The zero-order chi connectivity index (χ0) is 33.2. The van der Waals surface area contributed by atoms with E-state index in [2.05, 4.69) is 20.9 Å². The van der Waals surface area contributed by atoms with Gasteiger partial charge in [-0.3, -0.25) is 9.59 Å². The molecule has 0 spiro atoms. The first-order valence-electron chi connectivity index (χ1n) is 15.1. The highest BCUT2D eigenvalue weighted by atomic mass is 16.5. The minimum atomic E-state index is -1.14. The van der Waals surface area contributed by atoms with Crippen molar-refractivity contribution < 1.29 is 34.1 Å². The molecule has 0 aliphatic rings. The Morgan fingerprint density at radius 3 is 2.51 bits per heavy atom. The first-order valence-corrected chi connectivity index (χ1v) is 15.1. The van der Waals surface area contributed by atoms with E-state index < -0.39 is 18.2 Å². The van der Waals surface area contributed by atoms with Gasteiger partial charge in [0.1, 0.15) is 18.1 Å². The van der Waals surface area contributed by atoms with Crippen LogP contribution in [0.5, 0.6) is 11.5 Å². The summed E-state index contributed by atoms with van der Waals surface area (Å²) in [6, 6.07) is 23.5. The third kappa shape index (κ3) is 8.78. The van der Waals surface area contributed by atoms with Crippen LogP contribution in [0.25, 0.3) is 10.9 Å². The number of hydrogen-bond donors (Lipinski definition) is 7. The van der Waals surface area contributed by atoms with Gasteiger partial charge in [0, 0.05) is 30.1 Å². The van der Waals surface area contributed by atoms with Gasteiger partial charge in [0.05, 0.1) is 23.9 Å². The van der Waals surface area contributed by atoms with E-state index in [0.717, 1.165) is 17.5 Å². The van der Waals surface area contributed by atoms with Crippen molar-refractivity contribution in [3.05, 3.63) is 130 Å². The fourth-order valence-electron chi connectivity index (χ4n) is 5.21. The van der Waals surface area contributed by atoms with Gasteiger partial charge >= 0.3 is 6.09 Å². The van der Waals surface area contributed by atoms with Gasteiger partial charge in [0.15, 0.2) is 5.76 Å². The van der Waals surface area contributed by atoms with Crippen LogP contribution in [-0.2, 0) is 6.61 Å². The van der Waals surface area contributed by atoms with Crippen molar-refractivity contribution in [2.45, 2.75) is 31.6 Å². The molecular formula is C35H36N4O8. The number of amides is 2. The molecule has 5 rings (SSSR count). The van der Waals surface area contributed by atoms with Gasteiger partial charge in [0.2, 0.25) is 5.56 Å². The van der Waals surface area contributed by atoms with Crippen LogP contribution < -0.4 is 26.2 Å². The fraction of sp³-hybridized carbons (Fsp3) is 0.229. The molecule has 0 fully saturated rings. The molecule has 0 saturated carbocycles. The molecule has 7 N–H and O–H groups in total. The highest BCUT2D eigenvalue weighted by molar-refractivity contribution is 5.91. The summed E-state index contributed by atoms with van der Waals surface area (Å²) in [5.74, 6) is 0.298. The number of ether oxygens (including phenoxy) is 1. The number of benzene rings is 3. The Morgan fingerprint density at radius 1 is 0.915 bits per heavy atom. The molecule has 3 aromatic carbocycles. The van der Waals surface area contributed by atoms with Gasteiger partial charge in [-0.25, -0.2) is 4.79 Å². The van der Waals surface area contributed by atoms with Crippen molar-refractivity contribution in [3.8, 4) is 11.5 Å². The number of carboxylic acid groups (broad SMARTS) is 1. The topological polar surface area (TPSA) is 186 Å². The Labute approximate surface area is 270 Å². The van der Waals surface area contributed by atoms with E-state index >= 15 is 0 Å². The number of unbranched alkanes of at least 4 members (excludes halogenated alkanes) is 1. The standard InChI is InChI=1S/C35H36N4O8/c40-28-13-11-26(27-12-14-31(42)38-33(27)28)29(41)19-36-15-4-5-16-37-34(43)30-17-22(21-47-30)20-46-25-10-6-9-24(18-25)32(39-35(44)45)23-7-2-1-3-8-23/h1-3,6-14,17-18,21,29,32,36,39-41H,4-5,15-16,19-20H2,(H,37,43)(H,38,42)(H,44,45). The molecule has 2 heterocycles. The number of hydrogen-bond acceptors (Lipinski definition) is 8. The second-order valence-corrected chi connectivity index (χ2v) is 10.9. The lowest BCUT2D eigenvalue weighted by Gasteiger charge is -2.18. The summed E-state index contributed by atoms with van der Waals surface area (Å²) in [6.07, 6.45) is 0.932. The van der Waals surface area contributed by atoms with Gasteiger partial charge < -0.3 is 45.4 Å². The molecule has 0 aliphatic carbocycles. The zero-order valence-corrected chi connectivity index (χ0v) is 25.4. The number of H-pyrrole nitrogens is 1. The van der Waals surface area contributed by atoms with Crippen LogP contribution in [0.15, 0.2) is 100 Å². The van der Waals surface area contributed by atoms with Gasteiger partial charge in [-0.05, 0) is 66.4 Å². The van der Waals surface area contributed by atoms with Crippen molar-refractivity contribution in [3.63, 3.8) is 0 Å². The molecule has 244 valence electrons. The minimum absolute atomic E-state index is 0.0600. The summed E-state index contributed by atoms with van der Waals surface area (Å²) in [6.45, 7) is 1.48. The van der Waals surface area contributed by atoms with E-state index in [1.807, 2.05) is 36.4 Å². The molecule has 5 aromatic rings. The van der Waals surface area contributed by atoms with Crippen molar-refractivity contribution in [2.75, 3.05) is 19.6 Å². The monoisotopic (exact) mass is 640 g/mol. The van der Waals surface area contributed by atoms with Gasteiger partial charge in [-0.15, -0.1) is 0 Å². The first kappa shape index (κ1) is 32.8. The van der Waals surface area contributed by atoms with Gasteiger partial charge in [-0.1, -0.05) is 48.5 Å². The molecule has 0 radical (unpaired) electrons. The Morgan fingerprint density at radius 2 is 1.70 bits per heavy atom. The second kappa shape index (κ2) is 15.6. The molecule has 12 nitrogen and oxygen atoms in total. The number of carbonyl (C=O) groups excluding carboxylic acids is 1. The Hall–Kier alpha value is -5.59. The number of phenolic OH excluding ortho intramolecular Hbond substituents is 1. The Bertz CT molecular complexity index is 1870. The van der Waals surface area contributed by atoms with Crippen LogP contribution in [0.4, 0.5) is 4.79 Å². The molecule has 0 bridgehead atoms. The molecule has 2 aromatic heterocycles. The van der Waals surface area contributed by atoms with E-state index in [1.165, 1.54) is 18.4 Å². The lowest BCUT2D eigenvalue weighted by atomic mass is 9.98. The highest BCUT2D eigenvalue weighted by Crippen LogP contribution is 2.29. The normalized spacial score (nSPS) is 12.4. The average molecular weight is 641 g/mol. The number of rotatable bonds is 15. The molecule has 12 heteroatoms. The molecule has 2 amide bonds. The maximum absolute atomic E-state index is 12.6. The number of fused-ring (bicyclic) bond motifs is 1. The van der Waals surface area contributed by atoms with Crippen LogP contribution in [0.3, 0.4) is 0 Å². The zero-order valence-electron chi connectivity index (χ0n) is 25.4. The summed E-state index contributed by atoms with van der Waals surface area (Å²) >= 11 is 0. The number of aromatic hydroxyl groups is 1. The third-order valence-electron chi connectivity index (χ3n) is 7.54. The largest absolute Gasteiger partial charge is 0.506 e. The predicted octanol–water partition coefficient (Wildman–Crippen LogP) is 4.60. The summed E-state index contributed by atoms with van der Waals surface area (Å²) in [5.41, 5.74) is 2.73. The summed E-state index contributed by atoms with van der Waals surface area (Å²) < 4.78 is 11.4. The minimum Gasteiger partial charge on any atom is -0.506 e. The fourth-order valence-corrected chi connectivity index (χ4v) is 5.21. The van der Waals surface area contributed by atoms with Crippen LogP contribution >= 0.6 is 0 Å². The molecule has 47 heavy (non-hydrogen) atoms. The quantitative estimate of drug-likeness (QED) is 0.0804. The van der Waals surface area contributed by atoms with Crippen LogP contribution in [0.2, 0.25) is 0 Å². The number of nitrogens with one attached hydrogen (secondary N) is 4. The van der Waals surface area contributed by atoms with Gasteiger partial charge in [-0.2, -0.15) is 0 Å².